The molecule has 1 aromatic heterocycles. The normalized spacial score (nSPS) is 11.8. The molecule has 2 N–H and O–H groups in total. The average molecular weight is 345 g/mol. The summed E-state index contributed by atoms with van der Waals surface area (Å²) in [6.45, 7) is 3.42. The summed E-state index contributed by atoms with van der Waals surface area (Å²) in [7, 11) is 0. The van der Waals surface area contributed by atoms with Crippen LogP contribution in [0.5, 0.6) is 0 Å². The summed E-state index contributed by atoms with van der Waals surface area (Å²) in [4.78, 5) is 35.2. The molecule has 2 rings (SSSR count). The maximum Gasteiger partial charge on any atom is 0.308 e. The molecule has 0 fully saturated rings. The number of carbonyl (C=O) groups is 3. The van der Waals surface area contributed by atoms with Crippen LogP contribution >= 0.6 is 11.3 Å². The van der Waals surface area contributed by atoms with Crippen molar-refractivity contribution < 1.29 is 19.5 Å². The van der Waals surface area contributed by atoms with Crippen LogP contribution in [-0.4, -0.2) is 29.3 Å². The van der Waals surface area contributed by atoms with Crippen molar-refractivity contribution in [1.82, 2.24) is 5.32 Å². The minimum Gasteiger partial charge on any atom is -0.481 e. The van der Waals surface area contributed by atoms with E-state index < -0.39 is 11.9 Å². The van der Waals surface area contributed by atoms with Crippen molar-refractivity contribution >= 4 is 29.0 Å². The predicted octanol–water partition coefficient (Wildman–Crippen LogP) is 2.93. The molecule has 0 aliphatic carbocycles. The van der Waals surface area contributed by atoms with Gasteiger partial charge in [0.2, 0.25) is 0 Å². The lowest BCUT2D eigenvalue weighted by atomic mass is 9.98. The first kappa shape index (κ1) is 17.9. The zero-order valence-corrected chi connectivity index (χ0v) is 14.4. The van der Waals surface area contributed by atoms with Crippen LogP contribution in [0, 0.1) is 12.8 Å². The van der Waals surface area contributed by atoms with Gasteiger partial charge in [-0.15, -0.1) is 11.3 Å². The molecule has 6 heteroatoms. The Labute approximate surface area is 144 Å². The number of thiophene rings is 1. The first-order valence-corrected chi connectivity index (χ1v) is 8.41. The number of Topliss-reactive ketones (excluding diaryl/α,β-unsaturated/α-hetero) is 1. The van der Waals surface area contributed by atoms with Gasteiger partial charge in [0.1, 0.15) is 0 Å². The van der Waals surface area contributed by atoms with E-state index >= 15 is 0 Å². The number of rotatable bonds is 7. The molecule has 2 aromatic rings. The molecule has 126 valence electrons. The highest BCUT2D eigenvalue weighted by Crippen LogP contribution is 2.16. The van der Waals surface area contributed by atoms with Crippen LogP contribution in [0.25, 0.3) is 0 Å². The Morgan fingerprint density at radius 1 is 1.25 bits per heavy atom. The zero-order chi connectivity index (χ0) is 17.7. The van der Waals surface area contributed by atoms with Crippen LogP contribution in [-0.2, 0) is 11.2 Å². The number of aryl methyl sites for hydroxylation is 1. The summed E-state index contributed by atoms with van der Waals surface area (Å²) in [5, 5.41) is 13.6. The summed E-state index contributed by atoms with van der Waals surface area (Å²) >= 11 is 1.17. The van der Waals surface area contributed by atoms with Crippen molar-refractivity contribution in [2.75, 3.05) is 6.54 Å². The molecule has 0 spiro atoms. The van der Waals surface area contributed by atoms with Crippen LogP contribution in [0.1, 0.15) is 38.1 Å². The standard InChI is InChI=1S/C18H19NO4S/c1-11-4-3-5-13(6-11)7-14(18(22)23)9-19-17(21)16-8-15(10-24-16)12(2)20/h3-6,8,10,14H,7,9H2,1-2H3,(H,19,21)(H,22,23). The molecule has 1 unspecified atom stereocenters. The Hall–Kier alpha value is -2.47. The molecule has 0 aliphatic heterocycles. The van der Waals surface area contributed by atoms with Crippen LogP contribution in [0.2, 0.25) is 0 Å². The van der Waals surface area contributed by atoms with E-state index in [1.54, 1.807) is 5.38 Å². The highest BCUT2D eigenvalue weighted by Gasteiger charge is 2.20. The highest BCUT2D eigenvalue weighted by molar-refractivity contribution is 7.12. The Morgan fingerprint density at radius 2 is 2.00 bits per heavy atom. The fourth-order valence-corrected chi connectivity index (χ4v) is 3.18. The van der Waals surface area contributed by atoms with Crippen LogP contribution < -0.4 is 5.32 Å². The highest BCUT2D eigenvalue weighted by atomic mass is 32.1. The van der Waals surface area contributed by atoms with E-state index in [0.29, 0.717) is 16.9 Å². The summed E-state index contributed by atoms with van der Waals surface area (Å²) in [6, 6.07) is 9.18. The van der Waals surface area contributed by atoms with Gasteiger partial charge in [-0.25, -0.2) is 0 Å². The number of hydrogen-bond donors (Lipinski definition) is 2. The van der Waals surface area contributed by atoms with Gasteiger partial charge in [0.05, 0.1) is 10.8 Å². The summed E-state index contributed by atoms with van der Waals surface area (Å²) in [5.74, 6) is -2.12. The molecule has 0 aliphatic rings. The minimum absolute atomic E-state index is 0.0371. The van der Waals surface area contributed by atoms with Crippen LogP contribution in [0.15, 0.2) is 35.7 Å². The fourth-order valence-electron chi connectivity index (χ4n) is 2.31. The second kappa shape index (κ2) is 7.88. The van der Waals surface area contributed by atoms with Crippen molar-refractivity contribution in [3.8, 4) is 0 Å². The Kier molecular flexibility index (Phi) is 5.87. The molecule has 1 aromatic carbocycles. The van der Waals surface area contributed by atoms with E-state index in [1.807, 2.05) is 31.2 Å². The van der Waals surface area contributed by atoms with Gasteiger partial charge in [-0.05, 0) is 31.9 Å². The van der Waals surface area contributed by atoms with Gasteiger partial charge in [0, 0.05) is 17.5 Å². The minimum atomic E-state index is -0.951. The van der Waals surface area contributed by atoms with Gasteiger partial charge in [-0.2, -0.15) is 0 Å². The van der Waals surface area contributed by atoms with Crippen molar-refractivity contribution in [1.29, 1.82) is 0 Å². The van der Waals surface area contributed by atoms with Gasteiger partial charge >= 0.3 is 5.97 Å². The molecular weight excluding hydrogens is 326 g/mol. The maximum atomic E-state index is 12.1. The second-order valence-corrected chi connectivity index (χ2v) is 6.61. The monoisotopic (exact) mass is 345 g/mol. The number of carbonyl (C=O) groups excluding carboxylic acids is 2. The van der Waals surface area contributed by atoms with Gasteiger partial charge in [-0.1, -0.05) is 29.8 Å². The molecule has 0 saturated heterocycles. The number of carboxylic acids is 1. The lowest BCUT2D eigenvalue weighted by molar-refractivity contribution is -0.141. The molecule has 0 saturated carbocycles. The molecule has 1 amide bonds. The van der Waals surface area contributed by atoms with Crippen molar-refractivity contribution in [2.24, 2.45) is 5.92 Å². The van der Waals surface area contributed by atoms with Gasteiger partial charge < -0.3 is 10.4 Å². The van der Waals surface area contributed by atoms with E-state index in [9.17, 15) is 19.5 Å². The van der Waals surface area contributed by atoms with Crippen molar-refractivity contribution in [2.45, 2.75) is 20.3 Å². The average Bonchev–Trinajstić information content (AvgIpc) is 3.01. The van der Waals surface area contributed by atoms with E-state index in [0.717, 1.165) is 11.1 Å². The number of amides is 1. The topological polar surface area (TPSA) is 83.5 Å². The van der Waals surface area contributed by atoms with Crippen molar-refractivity contribution in [3.05, 3.63) is 57.3 Å². The Bertz CT molecular complexity index is 766. The number of aliphatic carboxylic acids is 1. The van der Waals surface area contributed by atoms with Crippen LogP contribution in [0.3, 0.4) is 0 Å². The maximum absolute atomic E-state index is 12.1. The predicted molar refractivity (Wildman–Crippen MR) is 92.7 cm³/mol. The van der Waals surface area contributed by atoms with E-state index in [2.05, 4.69) is 5.32 Å². The molecule has 0 radical (unpaired) electrons. The molecule has 1 heterocycles. The lowest BCUT2D eigenvalue weighted by Crippen LogP contribution is -2.33. The molecule has 0 bridgehead atoms. The number of nitrogens with one attached hydrogen (secondary N) is 1. The van der Waals surface area contributed by atoms with Crippen molar-refractivity contribution in [3.63, 3.8) is 0 Å². The number of carboxylic acid groups (broad SMARTS) is 1. The summed E-state index contributed by atoms with van der Waals surface area (Å²) < 4.78 is 0. The third kappa shape index (κ3) is 4.76. The third-order valence-electron chi connectivity index (χ3n) is 3.65. The zero-order valence-electron chi connectivity index (χ0n) is 13.5. The second-order valence-electron chi connectivity index (χ2n) is 5.69. The first-order chi connectivity index (χ1) is 11.4. The number of ketones is 1. The van der Waals surface area contributed by atoms with Gasteiger partial charge in [0.25, 0.3) is 5.91 Å². The fraction of sp³-hybridized carbons (Fsp3) is 0.278. The molecular formula is C18H19NO4S. The third-order valence-corrected chi connectivity index (χ3v) is 4.58. The largest absolute Gasteiger partial charge is 0.481 e. The van der Waals surface area contributed by atoms with Crippen LogP contribution in [0.4, 0.5) is 0 Å². The quantitative estimate of drug-likeness (QED) is 0.756. The van der Waals surface area contributed by atoms with E-state index in [4.69, 9.17) is 0 Å². The first-order valence-electron chi connectivity index (χ1n) is 7.53. The van der Waals surface area contributed by atoms with E-state index in [1.165, 1.54) is 24.3 Å². The Balaban J connectivity index is 1.99. The lowest BCUT2D eigenvalue weighted by Gasteiger charge is -2.13. The van der Waals surface area contributed by atoms with Gasteiger partial charge in [0.15, 0.2) is 5.78 Å². The van der Waals surface area contributed by atoms with E-state index in [-0.39, 0.29) is 18.2 Å². The smallest absolute Gasteiger partial charge is 0.308 e. The Morgan fingerprint density at radius 3 is 2.58 bits per heavy atom. The molecule has 1 atom stereocenters. The number of hydrogen-bond acceptors (Lipinski definition) is 4. The summed E-state index contributed by atoms with van der Waals surface area (Å²) in [5.41, 5.74) is 2.47. The van der Waals surface area contributed by atoms with Gasteiger partial charge in [-0.3, -0.25) is 14.4 Å². The number of benzene rings is 1. The molecule has 5 nitrogen and oxygen atoms in total. The molecule has 24 heavy (non-hydrogen) atoms. The summed E-state index contributed by atoms with van der Waals surface area (Å²) in [6.07, 6.45) is 0.348. The SMILES string of the molecule is CC(=O)c1csc(C(=O)NCC(Cc2cccc(C)c2)C(=O)O)c1.